The van der Waals surface area contributed by atoms with Crippen LogP contribution in [0.25, 0.3) is 0 Å². The third-order valence-corrected chi connectivity index (χ3v) is 7.21. The van der Waals surface area contributed by atoms with E-state index in [2.05, 4.69) is 5.32 Å². The summed E-state index contributed by atoms with van der Waals surface area (Å²) in [4.78, 5) is 27.4. The van der Waals surface area contributed by atoms with E-state index in [-0.39, 0.29) is 13.0 Å². The van der Waals surface area contributed by atoms with Crippen LogP contribution in [0, 0.1) is 24.4 Å². The topological polar surface area (TPSA) is 69.6 Å². The first kappa shape index (κ1) is 28.8. The first-order valence-corrected chi connectivity index (χ1v) is 13.4. The van der Waals surface area contributed by atoms with Crippen molar-refractivity contribution in [2.45, 2.75) is 36.0 Å². The van der Waals surface area contributed by atoms with E-state index in [1.165, 1.54) is 16.7 Å². The van der Waals surface area contributed by atoms with E-state index in [4.69, 9.17) is 5.11 Å². The molecule has 4 rings (SSSR count). The molecule has 4 aromatic rings. The molecule has 0 radical (unpaired) electrons. The van der Waals surface area contributed by atoms with Gasteiger partial charge < -0.3 is 10.4 Å². The summed E-state index contributed by atoms with van der Waals surface area (Å²) in [7, 11) is 0. The number of carbonyl (C=O) groups is 2. The fourth-order valence-corrected chi connectivity index (χ4v) is 4.97. The van der Waals surface area contributed by atoms with E-state index in [0.29, 0.717) is 24.1 Å². The molecule has 4 aromatic carbocycles. The fourth-order valence-electron chi connectivity index (χ4n) is 4.09. The van der Waals surface area contributed by atoms with E-state index in [1.54, 1.807) is 30.3 Å². The number of halogens is 3. The zero-order chi connectivity index (χ0) is 28.6. The summed E-state index contributed by atoms with van der Waals surface area (Å²) in [5.41, 5.74) is 1.25. The van der Waals surface area contributed by atoms with Crippen LogP contribution in [0.2, 0.25) is 0 Å². The molecular formula is C31H27F3N2O3S. The number of hydrogen-bond donors (Lipinski definition) is 2. The molecule has 0 atom stereocenters. The quantitative estimate of drug-likeness (QED) is 0.192. The maximum atomic E-state index is 14.5. The van der Waals surface area contributed by atoms with E-state index in [0.717, 1.165) is 28.3 Å². The van der Waals surface area contributed by atoms with Gasteiger partial charge in [0.25, 0.3) is 0 Å². The number of hydrogen-bond acceptors (Lipinski definition) is 3. The highest BCUT2D eigenvalue weighted by atomic mass is 32.2. The monoisotopic (exact) mass is 564 g/mol. The second kappa shape index (κ2) is 13.2. The lowest BCUT2D eigenvalue weighted by Gasteiger charge is -2.24. The molecule has 0 aliphatic heterocycles. The van der Waals surface area contributed by atoms with Crippen molar-refractivity contribution < 1.29 is 27.9 Å². The number of urea groups is 1. The Hall–Kier alpha value is -4.24. The normalized spacial score (nSPS) is 10.8. The smallest absolute Gasteiger partial charge is 0.326 e. The zero-order valence-electron chi connectivity index (χ0n) is 21.7. The maximum absolute atomic E-state index is 14.5. The number of aryl methyl sites for hydroxylation is 1. The third-order valence-electron chi connectivity index (χ3n) is 6.21. The molecular weight excluding hydrogens is 537 g/mol. The van der Waals surface area contributed by atoms with E-state index in [1.807, 2.05) is 48.5 Å². The van der Waals surface area contributed by atoms with Crippen LogP contribution in [0.3, 0.4) is 0 Å². The molecule has 0 aliphatic rings. The molecule has 0 saturated heterocycles. The van der Waals surface area contributed by atoms with Gasteiger partial charge in [-0.05, 0) is 61.2 Å². The highest BCUT2D eigenvalue weighted by Crippen LogP contribution is 2.31. The van der Waals surface area contributed by atoms with Crippen LogP contribution in [0.15, 0.2) is 94.7 Å². The number of benzene rings is 4. The Bertz CT molecular complexity index is 1500. The fraction of sp³-hybridized carbons (Fsp3) is 0.161. The number of rotatable bonds is 10. The number of amides is 2. The summed E-state index contributed by atoms with van der Waals surface area (Å²) in [5, 5.41) is 11.3. The van der Waals surface area contributed by atoms with Gasteiger partial charge in [-0.3, -0.25) is 9.69 Å². The molecule has 5 nitrogen and oxygen atoms in total. The van der Waals surface area contributed by atoms with Crippen molar-refractivity contribution >= 4 is 35.1 Å². The minimum Gasteiger partial charge on any atom is -0.481 e. The Balaban J connectivity index is 1.56. The average molecular weight is 565 g/mol. The maximum Gasteiger partial charge on any atom is 0.326 e. The minimum atomic E-state index is -1.35. The van der Waals surface area contributed by atoms with Gasteiger partial charge in [0, 0.05) is 33.7 Å². The summed E-state index contributed by atoms with van der Waals surface area (Å²) < 4.78 is 42.8. The number of nitrogens with zero attached hydrogens (tertiary/aromatic N) is 1. The van der Waals surface area contributed by atoms with Gasteiger partial charge >= 0.3 is 12.0 Å². The van der Waals surface area contributed by atoms with Crippen LogP contribution in [0.1, 0.15) is 23.1 Å². The van der Waals surface area contributed by atoms with Crippen LogP contribution >= 0.6 is 11.8 Å². The van der Waals surface area contributed by atoms with E-state index in [9.17, 15) is 22.8 Å². The predicted octanol–water partition coefficient (Wildman–Crippen LogP) is 7.86. The van der Waals surface area contributed by atoms with Crippen molar-refractivity contribution in [1.29, 1.82) is 0 Å². The third kappa shape index (κ3) is 7.45. The zero-order valence-corrected chi connectivity index (χ0v) is 22.5. The van der Waals surface area contributed by atoms with Gasteiger partial charge in [-0.2, -0.15) is 0 Å². The molecule has 2 N–H and O–H groups in total. The van der Waals surface area contributed by atoms with Gasteiger partial charge in [0.15, 0.2) is 11.6 Å². The van der Waals surface area contributed by atoms with Gasteiger partial charge in [-0.15, -0.1) is 0 Å². The van der Waals surface area contributed by atoms with Gasteiger partial charge in [0.1, 0.15) is 5.82 Å². The second-order valence-corrected chi connectivity index (χ2v) is 10.3. The molecule has 0 aliphatic carbocycles. The molecule has 0 heterocycles. The van der Waals surface area contributed by atoms with Crippen molar-refractivity contribution in [3.8, 4) is 0 Å². The van der Waals surface area contributed by atoms with Crippen molar-refractivity contribution in [3.05, 3.63) is 119 Å². The molecule has 2 amide bonds. The molecule has 0 spiro atoms. The van der Waals surface area contributed by atoms with Crippen molar-refractivity contribution in [2.24, 2.45) is 0 Å². The first-order valence-electron chi connectivity index (χ1n) is 12.6. The summed E-state index contributed by atoms with van der Waals surface area (Å²) in [6.45, 7) is 1.38. The Morgan fingerprint density at radius 3 is 2.27 bits per heavy atom. The summed E-state index contributed by atoms with van der Waals surface area (Å²) in [5.74, 6) is -4.54. The largest absolute Gasteiger partial charge is 0.481 e. The summed E-state index contributed by atoms with van der Waals surface area (Å²) in [6.07, 6.45) is 1.20. The Morgan fingerprint density at radius 2 is 1.57 bits per heavy atom. The Morgan fingerprint density at radius 1 is 0.850 bits per heavy atom. The lowest BCUT2D eigenvalue weighted by Crippen LogP contribution is -2.36. The SMILES string of the molecule is Cc1c(F)cc(NC(=O)N(CCCc2ccccc2)c2cccc(Sc3ccc(CC(=O)O)cc3)c2)c(F)c1F. The molecule has 0 fully saturated rings. The molecule has 0 aromatic heterocycles. The summed E-state index contributed by atoms with van der Waals surface area (Å²) in [6, 6.07) is 24.1. The molecule has 9 heteroatoms. The molecule has 0 unspecified atom stereocenters. The first-order chi connectivity index (χ1) is 19.2. The average Bonchev–Trinajstić information content (AvgIpc) is 2.94. The molecule has 206 valence electrons. The standard InChI is InChI=1S/C31H27F3N2O3S/c1-20-26(32)19-27(30(34)29(20)33)35-31(39)36(16-6-9-21-7-3-2-4-8-21)23-10-5-11-25(18-23)40-24-14-12-22(13-15-24)17-28(37)38/h2-5,7-8,10-15,18-19H,6,9,16-17H2,1H3,(H,35,39)(H,37,38). The number of anilines is 2. The second-order valence-electron chi connectivity index (χ2n) is 9.14. The Kier molecular flexibility index (Phi) is 9.50. The predicted molar refractivity (Wildman–Crippen MR) is 151 cm³/mol. The molecule has 0 saturated carbocycles. The number of carbonyl (C=O) groups excluding carboxylic acids is 1. The minimum absolute atomic E-state index is 0.0666. The van der Waals surface area contributed by atoms with Crippen LogP contribution < -0.4 is 10.2 Å². The van der Waals surface area contributed by atoms with Crippen molar-refractivity contribution in [1.82, 2.24) is 0 Å². The van der Waals surface area contributed by atoms with Gasteiger partial charge in [0.2, 0.25) is 0 Å². The number of carboxylic acid groups (broad SMARTS) is 1. The summed E-state index contributed by atoms with van der Waals surface area (Å²) >= 11 is 1.43. The highest BCUT2D eigenvalue weighted by molar-refractivity contribution is 7.99. The number of nitrogens with one attached hydrogen (secondary N) is 1. The molecule has 0 bridgehead atoms. The van der Waals surface area contributed by atoms with E-state index < -0.39 is 40.7 Å². The van der Waals surface area contributed by atoms with Crippen LogP contribution in [0.4, 0.5) is 29.3 Å². The van der Waals surface area contributed by atoms with Gasteiger partial charge in [0.05, 0.1) is 12.1 Å². The number of aliphatic carboxylic acids is 1. The van der Waals surface area contributed by atoms with Crippen molar-refractivity contribution in [2.75, 3.05) is 16.8 Å². The molecule has 40 heavy (non-hydrogen) atoms. The lowest BCUT2D eigenvalue weighted by atomic mass is 10.1. The van der Waals surface area contributed by atoms with E-state index >= 15 is 0 Å². The van der Waals surface area contributed by atoms with Crippen LogP contribution in [0.5, 0.6) is 0 Å². The van der Waals surface area contributed by atoms with Crippen LogP contribution in [-0.4, -0.2) is 23.7 Å². The van der Waals surface area contributed by atoms with Gasteiger partial charge in [-0.25, -0.2) is 18.0 Å². The Labute approximate surface area is 234 Å². The van der Waals surface area contributed by atoms with Gasteiger partial charge in [-0.1, -0.05) is 60.3 Å². The van der Waals surface area contributed by atoms with Crippen LogP contribution in [-0.2, 0) is 17.6 Å². The lowest BCUT2D eigenvalue weighted by molar-refractivity contribution is -0.136. The number of carboxylic acids is 1. The van der Waals surface area contributed by atoms with Crippen molar-refractivity contribution in [3.63, 3.8) is 0 Å². The highest BCUT2D eigenvalue weighted by Gasteiger charge is 2.21.